The minimum absolute atomic E-state index is 0.154. The fourth-order valence-corrected chi connectivity index (χ4v) is 12.6. The van der Waals surface area contributed by atoms with Gasteiger partial charge in [-0.05, 0) is 89.2 Å². The van der Waals surface area contributed by atoms with E-state index >= 15 is 0 Å². The normalized spacial score (nSPS) is 11.6. The number of hydrogen-bond acceptors (Lipinski definition) is 4. The van der Waals surface area contributed by atoms with Crippen molar-refractivity contribution < 1.29 is 19.2 Å². The first kappa shape index (κ1) is 84.6. The molecule has 0 saturated heterocycles. The van der Waals surface area contributed by atoms with Gasteiger partial charge in [0.1, 0.15) is 0 Å². The highest BCUT2D eigenvalue weighted by Crippen LogP contribution is 2.22. The molecule has 0 unspecified atom stereocenters. The summed E-state index contributed by atoms with van der Waals surface area (Å²) in [5.74, 6) is -1.50. The van der Waals surface area contributed by atoms with E-state index in [1.165, 1.54) is 307 Å². The van der Waals surface area contributed by atoms with Gasteiger partial charge in [0.15, 0.2) is 0 Å². The Morgan fingerprint density at radius 2 is 0.344 bits per heavy atom. The van der Waals surface area contributed by atoms with Crippen molar-refractivity contribution in [2.24, 2.45) is 0 Å². The minimum Gasteiger partial charge on any atom is -0.352 e. The lowest BCUT2D eigenvalue weighted by molar-refractivity contribution is 0.0907. The highest BCUT2D eigenvalue weighted by Gasteiger charge is 2.26. The second kappa shape index (κ2) is 68.4. The standard InChI is InChI=1S/C82H150N4O4/c1-5-9-13-17-21-25-29-33-37-41-45-49-53-57-61-65-69-83-79(87)75-73-77(81(89)85-71-67-63-59-55-51-47-43-39-35-31-27-23-19-15-11-7-3)78(82(90)86-72-68-64-60-56-52-48-44-40-36-32-28-24-20-16-12-8-4)74-76(75)80(88)84-70-66-62-58-54-50-46-42-38-34-30-26-22-18-14-10-6-2/h33,36-37,40,73-74H,5-32,34-35,38-39,41-72H2,1-4H3,(H,83,87)(H,84,88)(H,85,89)(H,86,90)/b37-33-,40-36-. The Morgan fingerprint density at radius 3 is 0.500 bits per heavy atom. The van der Waals surface area contributed by atoms with Crippen LogP contribution in [0.15, 0.2) is 36.4 Å². The Kier molecular flexibility index (Phi) is 64.3. The number of rotatable bonds is 70. The molecule has 0 spiro atoms. The van der Waals surface area contributed by atoms with E-state index in [1.54, 1.807) is 0 Å². The Bertz CT molecular complexity index is 1700. The van der Waals surface area contributed by atoms with Gasteiger partial charge in [-0.15, -0.1) is 0 Å². The van der Waals surface area contributed by atoms with Gasteiger partial charge in [-0.3, -0.25) is 19.2 Å². The topological polar surface area (TPSA) is 116 Å². The van der Waals surface area contributed by atoms with Gasteiger partial charge in [-0.2, -0.15) is 0 Å². The zero-order chi connectivity index (χ0) is 64.9. The summed E-state index contributed by atoms with van der Waals surface area (Å²) in [7, 11) is 0. The van der Waals surface area contributed by atoms with E-state index < -0.39 is 0 Å². The molecule has 0 aliphatic carbocycles. The molecule has 0 aromatic heterocycles. The van der Waals surface area contributed by atoms with Crippen molar-refractivity contribution in [1.29, 1.82) is 0 Å². The van der Waals surface area contributed by atoms with Crippen LogP contribution in [0.25, 0.3) is 0 Å². The summed E-state index contributed by atoms with van der Waals surface area (Å²) < 4.78 is 0. The van der Waals surface area contributed by atoms with Crippen LogP contribution < -0.4 is 21.3 Å². The highest BCUT2D eigenvalue weighted by molar-refractivity contribution is 6.14. The van der Waals surface area contributed by atoms with Crippen LogP contribution in [-0.2, 0) is 0 Å². The summed E-state index contributed by atoms with van der Waals surface area (Å²) in [4.78, 5) is 57.0. The SMILES string of the molecule is CCCCCCCC/C=C\CCCCCCCCNC(=O)c1cc(C(=O)NCCCCCCCCCCCCCCCCCC)c(C(=O)NCCCCCCCC/C=C\CCCCCCCC)cc1C(=O)NCCCCCCCCCCCCCCCCCC. The number of allylic oxidation sites excluding steroid dienone is 4. The lowest BCUT2D eigenvalue weighted by atomic mass is 9.95. The van der Waals surface area contributed by atoms with Crippen LogP contribution in [0, 0.1) is 0 Å². The van der Waals surface area contributed by atoms with Crippen molar-refractivity contribution in [2.45, 2.75) is 413 Å². The van der Waals surface area contributed by atoms with Gasteiger partial charge >= 0.3 is 0 Å². The predicted octanol–water partition coefficient (Wildman–Crippen LogP) is 25.2. The summed E-state index contributed by atoms with van der Waals surface area (Å²) in [6.07, 6.45) is 84.6. The number of unbranched alkanes of at least 4 members (excludes halogenated alkanes) is 54. The predicted molar refractivity (Wildman–Crippen MR) is 394 cm³/mol. The first-order valence-electron chi connectivity index (χ1n) is 40.0. The molecule has 0 heterocycles. The summed E-state index contributed by atoms with van der Waals surface area (Å²) >= 11 is 0. The molecule has 4 N–H and O–H groups in total. The third kappa shape index (κ3) is 54.0. The Balaban J connectivity index is 2.97. The lowest BCUT2D eigenvalue weighted by Crippen LogP contribution is -2.34. The zero-order valence-electron chi connectivity index (χ0n) is 60.4. The maximum absolute atomic E-state index is 14.3. The van der Waals surface area contributed by atoms with Crippen molar-refractivity contribution in [3.63, 3.8) is 0 Å². The molecule has 0 aliphatic rings. The summed E-state index contributed by atoms with van der Waals surface area (Å²) in [5.41, 5.74) is 0.617. The van der Waals surface area contributed by atoms with Gasteiger partial charge in [0.2, 0.25) is 0 Å². The fourth-order valence-electron chi connectivity index (χ4n) is 12.6. The second-order valence-electron chi connectivity index (χ2n) is 27.4. The molecule has 8 nitrogen and oxygen atoms in total. The van der Waals surface area contributed by atoms with Gasteiger partial charge in [0.25, 0.3) is 23.6 Å². The van der Waals surface area contributed by atoms with Gasteiger partial charge in [-0.1, -0.05) is 360 Å². The van der Waals surface area contributed by atoms with Crippen LogP contribution in [0.2, 0.25) is 0 Å². The molecule has 0 fully saturated rings. The van der Waals surface area contributed by atoms with E-state index in [0.717, 1.165) is 89.9 Å². The number of benzene rings is 1. The molecule has 1 aromatic carbocycles. The van der Waals surface area contributed by atoms with Crippen LogP contribution in [0.1, 0.15) is 454 Å². The van der Waals surface area contributed by atoms with Crippen molar-refractivity contribution >= 4 is 23.6 Å². The Hall–Kier alpha value is -3.42. The molecule has 4 amide bonds. The third-order valence-corrected chi connectivity index (χ3v) is 18.7. The Labute approximate surface area is 559 Å². The second-order valence-corrected chi connectivity index (χ2v) is 27.4. The summed E-state index contributed by atoms with van der Waals surface area (Å²) in [5, 5.41) is 12.5. The molecular weight excluding hydrogens is 1100 g/mol. The fraction of sp³-hybridized carbons (Fsp3) is 0.829. The van der Waals surface area contributed by atoms with E-state index in [9.17, 15) is 19.2 Å². The smallest absolute Gasteiger partial charge is 0.252 e. The molecule has 0 saturated carbocycles. The maximum atomic E-state index is 14.3. The molecular formula is C82H150N4O4. The van der Waals surface area contributed by atoms with E-state index in [0.29, 0.717) is 26.2 Å². The zero-order valence-corrected chi connectivity index (χ0v) is 60.4. The van der Waals surface area contributed by atoms with Crippen molar-refractivity contribution in [1.82, 2.24) is 21.3 Å². The molecule has 8 heteroatoms. The van der Waals surface area contributed by atoms with Crippen LogP contribution in [0.5, 0.6) is 0 Å². The molecule has 0 atom stereocenters. The number of carbonyl (C=O) groups excluding carboxylic acids is 4. The van der Waals surface area contributed by atoms with E-state index in [-0.39, 0.29) is 45.9 Å². The van der Waals surface area contributed by atoms with Gasteiger partial charge in [0, 0.05) is 26.2 Å². The monoisotopic (exact) mass is 1260 g/mol. The van der Waals surface area contributed by atoms with Crippen molar-refractivity contribution in [2.75, 3.05) is 26.2 Å². The first-order valence-corrected chi connectivity index (χ1v) is 40.0. The molecule has 1 rings (SSSR count). The molecule has 0 bridgehead atoms. The van der Waals surface area contributed by atoms with Crippen LogP contribution >= 0.6 is 0 Å². The third-order valence-electron chi connectivity index (χ3n) is 18.7. The molecule has 522 valence electrons. The number of amides is 4. The first-order chi connectivity index (χ1) is 44.4. The van der Waals surface area contributed by atoms with Crippen molar-refractivity contribution in [3.05, 3.63) is 58.7 Å². The van der Waals surface area contributed by atoms with Crippen LogP contribution in [-0.4, -0.2) is 49.8 Å². The van der Waals surface area contributed by atoms with E-state index in [1.807, 2.05) is 0 Å². The lowest BCUT2D eigenvalue weighted by Gasteiger charge is -2.17. The van der Waals surface area contributed by atoms with Gasteiger partial charge in [0.05, 0.1) is 22.3 Å². The van der Waals surface area contributed by atoms with Crippen LogP contribution in [0.3, 0.4) is 0 Å². The van der Waals surface area contributed by atoms with E-state index in [2.05, 4.69) is 73.3 Å². The molecule has 1 aromatic rings. The number of nitrogens with one attached hydrogen (secondary N) is 4. The van der Waals surface area contributed by atoms with Gasteiger partial charge in [-0.25, -0.2) is 0 Å². The highest BCUT2D eigenvalue weighted by atomic mass is 16.2. The molecule has 0 aliphatic heterocycles. The number of hydrogen-bond donors (Lipinski definition) is 4. The summed E-state index contributed by atoms with van der Waals surface area (Å²) in [6, 6.07) is 3.06. The average Bonchev–Trinajstić information content (AvgIpc) is 2.34. The van der Waals surface area contributed by atoms with Crippen LogP contribution in [0.4, 0.5) is 0 Å². The van der Waals surface area contributed by atoms with Crippen molar-refractivity contribution in [3.8, 4) is 0 Å². The number of carbonyl (C=O) groups is 4. The maximum Gasteiger partial charge on any atom is 0.252 e. The van der Waals surface area contributed by atoms with E-state index in [4.69, 9.17) is 0 Å². The summed E-state index contributed by atoms with van der Waals surface area (Å²) in [6.45, 7) is 11.1. The average molecular weight is 1260 g/mol. The minimum atomic E-state index is -0.377. The molecule has 90 heavy (non-hydrogen) atoms. The Morgan fingerprint density at radius 1 is 0.211 bits per heavy atom. The largest absolute Gasteiger partial charge is 0.352 e. The van der Waals surface area contributed by atoms with Gasteiger partial charge < -0.3 is 21.3 Å². The molecule has 0 radical (unpaired) electrons. The quantitative estimate of drug-likeness (QED) is 0.0384.